The van der Waals surface area contributed by atoms with Gasteiger partial charge in [-0.3, -0.25) is 9.69 Å². The van der Waals surface area contributed by atoms with Gasteiger partial charge in [0, 0.05) is 50.0 Å². The molecule has 0 saturated carbocycles. The van der Waals surface area contributed by atoms with Crippen LogP contribution < -0.4 is 16.4 Å². The third-order valence-corrected chi connectivity index (χ3v) is 3.65. The van der Waals surface area contributed by atoms with Gasteiger partial charge in [-0.05, 0) is 24.3 Å². The van der Waals surface area contributed by atoms with Crippen molar-refractivity contribution in [2.45, 2.75) is 6.92 Å². The first-order valence-electron chi connectivity index (χ1n) is 6.68. The molecule has 1 atom stereocenters. The molecule has 0 bridgehead atoms. The van der Waals surface area contributed by atoms with Gasteiger partial charge in [-0.15, -0.1) is 0 Å². The highest BCUT2D eigenvalue weighted by Crippen LogP contribution is 2.18. The van der Waals surface area contributed by atoms with E-state index in [1.165, 1.54) is 5.69 Å². The smallest absolute Gasteiger partial charge is 0.221 e. The van der Waals surface area contributed by atoms with Gasteiger partial charge in [0.2, 0.25) is 5.91 Å². The fourth-order valence-corrected chi connectivity index (χ4v) is 2.35. The van der Waals surface area contributed by atoms with E-state index in [4.69, 9.17) is 11.5 Å². The van der Waals surface area contributed by atoms with Crippen LogP contribution in [0.25, 0.3) is 0 Å². The molecule has 1 aromatic rings. The third-order valence-electron chi connectivity index (χ3n) is 3.65. The number of amides is 1. The number of carbonyl (C=O) groups excluding carboxylic acids is 1. The van der Waals surface area contributed by atoms with Crippen molar-refractivity contribution in [2.24, 2.45) is 11.7 Å². The van der Waals surface area contributed by atoms with E-state index in [1.807, 2.05) is 19.1 Å². The summed E-state index contributed by atoms with van der Waals surface area (Å²) < 4.78 is 0. The van der Waals surface area contributed by atoms with Gasteiger partial charge in [0.25, 0.3) is 0 Å². The fourth-order valence-electron chi connectivity index (χ4n) is 2.35. The molecule has 1 fully saturated rings. The van der Waals surface area contributed by atoms with Crippen molar-refractivity contribution >= 4 is 17.3 Å². The van der Waals surface area contributed by atoms with Gasteiger partial charge in [-0.25, -0.2) is 0 Å². The highest BCUT2D eigenvalue weighted by atomic mass is 16.1. The van der Waals surface area contributed by atoms with Crippen LogP contribution in [0.1, 0.15) is 6.92 Å². The molecular weight excluding hydrogens is 240 g/mol. The summed E-state index contributed by atoms with van der Waals surface area (Å²) >= 11 is 0. The van der Waals surface area contributed by atoms with Crippen LogP contribution in [0.15, 0.2) is 24.3 Å². The summed E-state index contributed by atoms with van der Waals surface area (Å²) in [4.78, 5) is 15.7. The maximum absolute atomic E-state index is 11.1. The molecule has 0 aliphatic carbocycles. The Hall–Kier alpha value is -1.75. The summed E-state index contributed by atoms with van der Waals surface area (Å²) in [6, 6.07) is 7.96. The van der Waals surface area contributed by atoms with E-state index in [2.05, 4.69) is 21.9 Å². The molecule has 0 spiro atoms. The van der Waals surface area contributed by atoms with Crippen molar-refractivity contribution < 1.29 is 4.79 Å². The molecule has 1 unspecified atom stereocenters. The number of hydrogen-bond acceptors (Lipinski definition) is 4. The van der Waals surface area contributed by atoms with Crippen molar-refractivity contribution in [3.8, 4) is 0 Å². The molecule has 1 amide bonds. The molecule has 2 rings (SSSR count). The van der Waals surface area contributed by atoms with Crippen LogP contribution in [0.2, 0.25) is 0 Å². The van der Waals surface area contributed by atoms with Crippen molar-refractivity contribution in [3.63, 3.8) is 0 Å². The van der Waals surface area contributed by atoms with Crippen molar-refractivity contribution in [1.82, 2.24) is 4.90 Å². The van der Waals surface area contributed by atoms with E-state index in [9.17, 15) is 4.79 Å². The molecule has 19 heavy (non-hydrogen) atoms. The lowest BCUT2D eigenvalue weighted by Gasteiger charge is -2.36. The SMILES string of the molecule is CC(CN1CCN(c2ccc(N)cc2)CC1)C(N)=O. The van der Waals surface area contributed by atoms with Crippen LogP contribution in [0.4, 0.5) is 11.4 Å². The first kappa shape index (κ1) is 13.7. The summed E-state index contributed by atoms with van der Waals surface area (Å²) in [6.07, 6.45) is 0. The second kappa shape index (κ2) is 5.93. The minimum absolute atomic E-state index is 0.0805. The number of nitrogen functional groups attached to an aromatic ring is 1. The molecule has 1 saturated heterocycles. The zero-order valence-corrected chi connectivity index (χ0v) is 11.4. The zero-order valence-electron chi connectivity index (χ0n) is 11.4. The highest BCUT2D eigenvalue weighted by molar-refractivity contribution is 5.76. The standard InChI is InChI=1S/C14H22N4O/c1-11(14(16)19)10-17-6-8-18(9-7-17)13-4-2-12(15)3-5-13/h2-5,11H,6-10,15H2,1H3,(H2,16,19). The van der Waals surface area contributed by atoms with Gasteiger partial charge in [-0.2, -0.15) is 0 Å². The van der Waals surface area contributed by atoms with Crippen LogP contribution in [-0.4, -0.2) is 43.5 Å². The summed E-state index contributed by atoms with van der Waals surface area (Å²) in [5.74, 6) is -0.302. The van der Waals surface area contributed by atoms with Gasteiger partial charge in [0.1, 0.15) is 0 Å². The molecule has 5 heteroatoms. The van der Waals surface area contributed by atoms with E-state index < -0.39 is 0 Å². The van der Waals surface area contributed by atoms with Crippen LogP contribution in [0.5, 0.6) is 0 Å². The maximum atomic E-state index is 11.1. The second-order valence-electron chi connectivity index (χ2n) is 5.18. The summed E-state index contributed by atoms with van der Waals surface area (Å²) in [7, 11) is 0. The lowest BCUT2D eigenvalue weighted by atomic mass is 10.1. The number of piperazine rings is 1. The van der Waals surface area contributed by atoms with E-state index >= 15 is 0 Å². The van der Waals surface area contributed by atoms with E-state index in [0.29, 0.717) is 0 Å². The molecule has 1 aromatic carbocycles. The van der Waals surface area contributed by atoms with Crippen LogP contribution in [0, 0.1) is 5.92 Å². The number of nitrogens with zero attached hydrogens (tertiary/aromatic N) is 2. The Morgan fingerprint density at radius 3 is 2.32 bits per heavy atom. The Morgan fingerprint density at radius 2 is 1.79 bits per heavy atom. The largest absolute Gasteiger partial charge is 0.399 e. The minimum Gasteiger partial charge on any atom is -0.399 e. The van der Waals surface area contributed by atoms with E-state index in [0.717, 1.165) is 38.4 Å². The average molecular weight is 262 g/mol. The number of hydrogen-bond donors (Lipinski definition) is 2. The lowest BCUT2D eigenvalue weighted by molar-refractivity contribution is -0.121. The summed E-state index contributed by atoms with van der Waals surface area (Å²) in [5.41, 5.74) is 13.0. The molecule has 1 aliphatic heterocycles. The van der Waals surface area contributed by atoms with E-state index in [1.54, 1.807) is 0 Å². The number of benzene rings is 1. The molecule has 104 valence electrons. The Morgan fingerprint density at radius 1 is 1.21 bits per heavy atom. The fraction of sp³-hybridized carbons (Fsp3) is 0.500. The minimum atomic E-state index is -0.221. The maximum Gasteiger partial charge on any atom is 0.221 e. The van der Waals surface area contributed by atoms with Gasteiger partial charge >= 0.3 is 0 Å². The molecule has 1 heterocycles. The van der Waals surface area contributed by atoms with Gasteiger partial charge in [-0.1, -0.05) is 6.92 Å². The van der Waals surface area contributed by atoms with Gasteiger partial charge in [0.05, 0.1) is 0 Å². The molecule has 0 radical (unpaired) electrons. The van der Waals surface area contributed by atoms with Crippen LogP contribution in [0.3, 0.4) is 0 Å². The van der Waals surface area contributed by atoms with Gasteiger partial charge in [0.15, 0.2) is 0 Å². The highest BCUT2D eigenvalue weighted by Gasteiger charge is 2.20. The van der Waals surface area contributed by atoms with Crippen molar-refractivity contribution in [1.29, 1.82) is 0 Å². The predicted molar refractivity (Wildman–Crippen MR) is 77.9 cm³/mol. The third kappa shape index (κ3) is 3.61. The van der Waals surface area contributed by atoms with Crippen molar-refractivity contribution in [2.75, 3.05) is 43.4 Å². The number of anilines is 2. The Kier molecular flexibility index (Phi) is 4.27. The molecule has 5 nitrogen and oxygen atoms in total. The van der Waals surface area contributed by atoms with Crippen LogP contribution in [-0.2, 0) is 4.79 Å². The van der Waals surface area contributed by atoms with E-state index in [-0.39, 0.29) is 11.8 Å². The quantitative estimate of drug-likeness (QED) is 0.775. The normalized spacial score (nSPS) is 18.3. The topological polar surface area (TPSA) is 75.6 Å². The molecule has 4 N–H and O–H groups in total. The average Bonchev–Trinajstić information content (AvgIpc) is 2.40. The monoisotopic (exact) mass is 262 g/mol. The second-order valence-corrected chi connectivity index (χ2v) is 5.18. The summed E-state index contributed by atoms with van der Waals surface area (Å²) in [5, 5.41) is 0. The van der Waals surface area contributed by atoms with Crippen molar-refractivity contribution in [3.05, 3.63) is 24.3 Å². The predicted octanol–water partition coefficient (Wildman–Crippen LogP) is 0.512. The molecular formula is C14H22N4O. The van der Waals surface area contributed by atoms with Crippen LogP contribution >= 0.6 is 0 Å². The van der Waals surface area contributed by atoms with Gasteiger partial charge < -0.3 is 16.4 Å². The molecule has 1 aliphatic rings. The Labute approximate surface area is 114 Å². The zero-order chi connectivity index (χ0) is 13.8. The Balaban J connectivity index is 1.85. The first-order chi connectivity index (χ1) is 9.06. The Bertz CT molecular complexity index is 424. The lowest BCUT2D eigenvalue weighted by Crippen LogP contribution is -2.48. The number of nitrogens with two attached hydrogens (primary N) is 2. The summed E-state index contributed by atoms with van der Waals surface area (Å²) in [6.45, 7) is 6.49. The number of carbonyl (C=O) groups is 1. The number of rotatable bonds is 4. The first-order valence-corrected chi connectivity index (χ1v) is 6.68. The number of primary amides is 1. The molecule has 0 aromatic heterocycles.